The molecule has 47 heavy (non-hydrogen) atoms. The molecule has 3 heterocycles. The molecule has 0 saturated carbocycles. The van der Waals surface area contributed by atoms with Gasteiger partial charge in [0.05, 0.1) is 33.3 Å². The van der Waals surface area contributed by atoms with Crippen LogP contribution in [0.25, 0.3) is 11.2 Å². The van der Waals surface area contributed by atoms with Crippen molar-refractivity contribution in [2.45, 2.75) is 30.5 Å². The van der Waals surface area contributed by atoms with Crippen LogP contribution in [-0.4, -0.2) is 57.7 Å². The topological polar surface area (TPSA) is 110 Å². The fourth-order valence-electron chi connectivity index (χ4n) is 6.03. The number of fused-ring (bicyclic) bond motifs is 1. The Hall–Kier alpha value is -5.29. The van der Waals surface area contributed by atoms with Crippen LogP contribution in [0, 0.1) is 0 Å². The van der Waals surface area contributed by atoms with Crippen LogP contribution >= 0.6 is 0 Å². The third-order valence-corrected chi connectivity index (χ3v) is 8.43. The molecule has 0 radical (unpaired) electrons. The second-order valence-electron chi connectivity index (χ2n) is 11.2. The Balaban J connectivity index is 1.20. The first-order chi connectivity index (χ1) is 23.1. The lowest BCUT2D eigenvalue weighted by molar-refractivity contribution is -0.0931. The molecule has 0 aliphatic carbocycles. The van der Waals surface area contributed by atoms with Crippen molar-refractivity contribution >= 4 is 11.2 Å². The van der Waals surface area contributed by atoms with E-state index in [1.807, 2.05) is 109 Å². The predicted octanol–water partition coefficient (Wildman–Crippen LogP) is 6.29. The van der Waals surface area contributed by atoms with Crippen LogP contribution in [0.5, 0.6) is 23.1 Å². The minimum Gasteiger partial charge on any atom is -0.497 e. The summed E-state index contributed by atoms with van der Waals surface area (Å²) in [7, 11) is 3.28. The molecule has 10 heteroatoms. The molecule has 1 fully saturated rings. The molecule has 4 aromatic carbocycles. The Morgan fingerprint density at radius 3 is 1.96 bits per heavy atom. The van der Waals surface area contributed by atoms with Crippen LogP contribution in [0.15, 0.2) is 122 Å². The van der Waals surface area contributed by atoms with E-state index >= 15 is 0 Å². The van der Waals surface area contributed by atoms with E-state index in [4.69, 9.17) is 23.7 Å². The molecule has 7 rings (SSSR count). The summed E-state index contributed by atoms with van der Waals surface area (Å²) in [6, 6.07) is 35.0. The number of rotatable bonds is 11. The molecule has 1 saturated heterocycles. The second-order valence-corrected chi connectivity index (χ2v) is 11.2. The van der Waals surface area contributed by atoms with Gasteiger partial charge in [0.25, 0.3) is 5.88 Å². The summed E-state index contributed by atoms with van der Waals surface area (Å²) in [5, 5.41) is 11.3. The van der Waals surface area contributed by atoms with E-state index in [1.54, 1.807) is 25.1 Å². The average molecular weight is 631 g/mol. The van der Waals surface area contributed by atoms with Gasteiger partial charge in [-0.1, -0.05) is 72.8 Å². The first-order valence-electron chi connectivity index (χ1n) is 15.3. The Labute approximate surface area is 272 Å². The van der Waals surface area contributed by atoms with Gasteiger partial charge in [0.2, 0.25) is 0 Å². The van der Waals surface area contributed by atoms with E-state index in [-0.39, 0.29) is 6.61 Å². The number of para-hydroxylation sites is 1. The molecule has 1 aliphatic heterocycles. The number of aliphatic hydroxyl groups excluding tert-OH is 1. The lowest BCUT2D eigenvalue weighted by atomic mass is 9.80. The van der Waals surface area contributed by atoms with Crippen LogP contribution < -0.4 is 14.2 Å². The molecular formula is C37H34N4O6. The zero-order chi connectivity index (χ0) is 32.2. The number of aliphatic hydroxyl groups is 1. The maximum atomic E-state index is 11.3. The van der Waals surface area contributed by atoms with E-state index < -0.39 is 24.0 Å². The lowest BCUT2D eigenvalue weighted by Gasteiger charge is -2.37. The van der Waals surface area contributed by atoms with Crippen molar-refractivity contribution in [1.29, 1.82) is 0 Å². The molecule has 3 unspecified atom stereocenters. The van der Waals surface area contributed by atoms with Gasteiger partial charge in [-0.3, -0.25) is 4.57 Å². The normalized spacial score (nSPS) is 17.9. The largest absolute Gasteiger partial charge is 0.497 e. The van der Waals surface area contributed by atoms with Gasteiger partial charge >= 0.3 is 0 Å². The summed E-state index contributed by atoms with van der Waals surface area (Å²) in [4.78, 5) is 13.3. The fraction of sp³-hybridized carbons (Fsp3) is 0.216. The summed E-state index contributed by atoms with van der Waals surface area (Å²) in [6.07, 6.45) is 1.42. The summed E-state index contributed by atoms with van der Waals surface area (Å²) >= 11 is 0. The maximum absolute atomic E-state index is 11.3. The van der Waals surface area contributed by atoms with E-state index in [0.29, 0.717) is 29.2 Å². The van der Waals surface area contributed by atoms with Crippen LogP contribution in [0.2, 0.25) is 0 Å². The van der Waals surface area contributed by atoms with Crippen molar-refractivity contribution in [2.75, 3.05) is 20.8 Å². The number of nitrogens with zero attached hydrogens (tertiary/aromatic N) is 4. The maximum Gasteiger partial charge on any atom is 0.250 e. The van der Waals surface area contributed by atoms with Crippen LogP contribution in [0.3, 0.4) is 0 Å². The Bertz CT molecular complexity index is 1870. The van der Waals surface area contributed by atoms with E-state index in [2.05, 4.69) is 15.0 Å². The summed E-state index contributed by atoms with van der Waals surface area (Å²) in [6.45, 7) is 0.0919. The Morgan fingerprint density at radius 2 is 1.34 bits per heavy atom. The Kier molecular flexibility index (Phi) is 8.54. The number of hydrogen-bond acceptors (Lipinski definition) is 9. The lowest BCUT2D eigenvalue weighted by Crippen LogP contribution is -2.38. The van der Waals surface area contributed by atoms with Gasteiger partial charge in [-0.25, -0.2) is 9.97 Å². The first kappa shape index (κ1) is 30.4. The number of hydrogen-bond donors (Lipinski definition) is 1. The van der Waals surface area contributed by atoms with E-state index in [1.165, 1.54) is 6.33 Å². The van der Waals surface area contributed by atoms with Gasteiger partial charge in [-0.2, -0.15) is 4.98 Å². The smallest absolute Gasteiger partial charge is 0.250 e. The summed E-state index contributed by atoms with van der Waals surface area (Å²) in [5.41, 5.74) is 2.70. The third-order valence-electron chi connectivity index (χ3n) is 8.43. The number of ether oxygens (including phenoxy) is 5. The minimum absolute atomic E-state index is 0.0919. The minimum atomic E-state index is -1.04. The van der Waals surface area contributed by atoms with Gasteiger partial charge in [-0.15, -0.1) is 0 Å². The molecule has 10 nitrogen and oxygen atoms in total. The number of imidazole rings is 1. The predicted molar refractivity (Wildman–Crippen MR) is 175 cm³/mol. The molecular weight excluding hydrogens is 596 g/mol. The second kappa shape index (κ2) is 13.2. The van der Waals surface area contributed by atoms with Gasteiger partial charge < -0.3 is 28.8 Å². The first-order valence-corrected chi connectivity index (χ1v) is 15.3. The molecule has 1 N–H and O–H groups in total. The van der Waals surface area contributed by atoms with Crippen LogP contribution in [0.4, 0.5) is 0 Å². The van der Waals surface area contributed by atoms with Crippen molar-refractivity contribution < 1.29 is 28.8 Å². The highest BCUT2D eigenvalue weighted by molar-refractivity contribution is 5.76. The monoisotopic (exact) mass is 630 g/mol. The third kappa shape index (κ3) is 5.90. The molecule has 0 spiro atoms. The molecule has 0 amide bonds. The van der Waals surface area contributed by atoms with Gasteiger partial charge in [0.15, 0.2) is 11.2 Å². The molecule has 3 atom stereocenters. The van der Waals surface area contributed by atoms with Gasteiger partial charge in [0, 0.05) is 6.42 Å². The summed E-state index contributed by atoms with van der Waals surface area (Å²) < 4.78 is 32.2. The number of aromatic nitrogens is 4. The fourth-order valence-corrected chi connectivity index (χ4v) is 6.03. The van der Waals surface area contributed by atoms with Crippen molar-refractivity contribution in [3.05, 3.63) is 139 Å². The standard InChI is InChI=1S/C37H34N4O6/c1-43-28-17-13-26(14-18-28)37(25-9-5-3-6-10-25,27-15-19-29(44-2)20-16-27)45-22-32-31(42)21-33(47-32)41-24-40-34-35(41)38-23-39-36(34)46-30-11-7-4-8-12-30/h3-20,23-24,31-33,42H,21-22H2,1-2H3. The molecule has 0 bridgehead atoms. The Morgan fingerprint density at radius 1 is 0.745 bits per heavy atom. The average Bonchev–Trinajstić information content (AvgIpc) is 3.73. The van der Waals surface area contributed by atoms with Crippen molar-refractivity contribution in [2.24, 2.45) is 0 Å². The van der Waals surface area contributed by atoms with E-state index in [9.17, 15) is 5.11 Å². The zero-order valence-electron chi connectivity index (χ0n) is 26.0. The SMILES string of the molecule is COc1ccc(C(OCC2OC(n3cnc4c(Oc5ccccc5)ncnc43)CC2O)(c2ccccc2)c2ccc(OC)cc2)cc1. The zero-order valence-corrected chi connectivity index (χ0v) is 26.0. The van der Waals surface area contributed by atoms with Crippen molar-refractivity contribution in [1.82, 2.24) is 19.5 Å². The molecule has 2 aromatic heterocycles. The number of benzene rings is 4. The highest BCUT2D eigenvalue weighted by atomic mass is 16.6. The number of methoxy groups -OCH3 is 2. The molecule has 6 aromatic rings. The highest BCUT2D eigenvalue weighted by Gasteiger charge is 2.42. The molecule has 1 aliphatic rings. The molecule has 238 valence electrons. The van der Waals surface area contributed by atoms with Crippen molar-refractivity contribution in [3.8, 4) is 23.1 Å². The van der Waals surface area contributed by atoms with Crippen molar-refractivity contribution in [3.63, 3.8) is 0 Å². The van der Waals surface area contributed by atoms with E-state index in [0.717, 1.165) is 28.2 Å². The van der Waals surface area contributed by atoms with Crippen LogP contribution in [0.1, 0.15) is 29.3 Å². The quantitative estimate of drug-likeness (QED) is 0.165. The van der Waals surface area contributed by atoms with Gasteiger partial charge in [0.1, 0.15) is 41.5 Å². The van der Waals surface area contributed by atoms with Crippen LogP contribution in [-0.2, 0) is 15.1 Å². The van der Waals surface area contributed by atoms with Gasteiger partial charge in [-0.05, 0) is 53.1 Å². The highest BCUT2D eigenvalue weighted by Crippen LogP contribution is 2.43. The summed E-state index contributed by atoms with van der Waals surface area (Å²) in [5.74, 6) is 2.44.